The smallest absolute Gasteiger partial charge is 0.250 e. The van der Waals surface area contributed by atoms with Gasteiger partial charge in [-0.2, -0.15) is 0 Å². The van der Waals surface area contributed by atoms with Gasteiger partial charge in [0.05, 0.1) is 0 Å². The number of piperidine rings is 2. The van der Waals surface area contributed by atoms with E-state index in [1.54, 1.807) is 12.1 Å². The van der Waals surface area contributed by atoms with Crippen LogP contribution in [-0.4, -0.2) is 58.2 Å². The summed E-state index contributed by atoms with van der Waals surface area (Å²) in [5, 5.41) is 0. The van der Waals surface area contributed by atoms with Crippen LogP contribution in [-0.2, 0) is 13.1 Å². The molecule has 6 rings (SSSR count). The molecule has 4 aliphatic rings. The Balaban J connectivity index is 0.930. The first-order valence-corrected chi connectivity index (χ1v) is 13.5. The Labute approximate surface area is 202 Å². The standard InChI is InChI=1S/C28H38N4O2/c33-27-9-5-7-25-23-13-21(17-31(25)27)15-29(19-23)11-3-1-2-4-12-30-16-22-14-24(20-30)26-8-6-10-28(34)32(26)18-22/h5-10,21-24H,1-4,11-20H2/t21-,22-,23+,24+/m1/s1. The van der Waals surface area contributed by atoms with E-state index in [0.717, 1.165) is 39.3 Å². The van der Waals surface area contributed by atoms with Crippen LogP contribution in [0.25, 0.3) is 0 Å². The fourth-order valence-corrected chi connectivity index (χ4v) is 7.38. The van der Waals surface area contributed by atoms with Crippen LogP contribution >= 0.6 is 0 Å². The third-order valence-corrected chi connectivity index (χ3v) is 8.81. The Bertz CT molecular complexity index is 1050. The molecule has 4 atom stereocenters. The molecule has 34 heavy (non-hydrogen) atoms. The average molecular weight is 463 g/mol. The highest BCUT2D eigenvalue weighted by molar-refractivity contribution is 5.18. The van der Waals surface area contributed by atoms with E-state index in [4.69, 9.17) is 0 Å². The summed E-state index contributed by atoms with van der Waals surface area (Å²) in [4.78, 5) is 29.8. The number of hydrogen-bond donors (Lipinski definition) is 0. The van der Waals surface area contributed by atoms with Gasteiger partial charge in [0.25, 0.3) is 11.1 Å². The molecule has 0 aromatic carbocycles. The van der Waals surface area contributed by atoms with Crippen LogP contribution in [0.3, 0.4) is 0 Å². The van der Waals surface area contributed by atoms with Gasteiger partial charge in [0.15, 0.2) is 0 Å². The maximum atomic E-state index is 12.2. The summed E-state index contributed by atoms with van der Waals surface area (Å²) in [6.45, 7) is 8.73. The lowest BCUT2D eigenvalue weighted by atomic mass is 9.83. The molecule has 6 nitrogen and oxygen atoms in total. The lowest BCUT2D eigenvalue weighted by Gasteiger charge is -2.43. The molecule has 4 bridgehead atoms. The summed E-state index contributed by atoms with van der Waals surface area (Å²) in [7, 11) is 0. The Kier molecular flexibility index (Phi) is 6.20. The molecule has 0 aliphatic carbocycles. The maximum absolute atomic E-state index is 12.2. The van der Waals surface area contributed by atoms with Gasteiger partial charge >= 0.3 is 0 Å². The molecule has 6 heteroatoms. The summed E-state index contributed by atoms with van der Waals surface area (Å²) < 4.78 is 4.06. The number of pyridine rings is 2. The summed E-state index contributed by atoms with van der Waals surface area (Å²) in [6, 6.07) is 11.6. The van der Waals surface area contributed by atoms with Crippen LogP contribution in [0, 0.1) is 11.8 Å². The second-order valence-corrected chi connectivity index (χ2v) is 11.3. The van der Waals surface area contributed by atoms with Crippen molar-refractivity contribution in [1.82, 2.24) is 18.9 Å². The highest BCUT2D eigenvalue weighted by Crippen LogP contribution is 2.36. The van der Waals surface area contributed by atoms with Crippen molar-refractivity contribution < 1.29 is 0 Å². The molecule has 2 aromatic rings. The second kappa shape index (κ2) is 9.46. The minimum absolute atomic E-state index is 0.177. The number of likely N-dealkylation sites (tertiary alicyclic amines) is 2. The van der Waals surface area contributed by atoms with Crippen LogP contribution < -0.4 is 11.1 Å². The minimum Gasteiger partial charge on any atom is -0.312 e. The fourth-order valence-electron chi connectivity index (χ4n) is 7.38. The molecular weight excluding hydrogens is 424 g/mol. The zero-order valence-electron chi connectivity index (χ0n) is 20.3. The molecule has 2 saturated heterocycles. The monoisotopic (exact) mass is 462 g/mol. The van der Waals surface area contributed by atoms with Gasteiger partial charge < -0.3 is 18.9 Å². The minimum atomic E-state index is 0.177. The third-order valence-electron chi connectivity index (χ3n) is 8.81. The number of aromatic nitrogens is 2. The van der Waals surface area contributed by atoms with E-state index in [1.165, 1.54) is 63.0 Å². The lowest BCUT2D eigenvalue weighted by Crippen LogP contribution is -2.47. The van der Waals surface area contributed by atoms with Crippen molar-refractivity contribution in [2.75, 3.05) is 39.3 Å². The molecule has 2 fully saturated rings. The Morgan fingerprint density at radius 1 is 0.588 bits per heavy atom. The van der Waals surface area contributed by atoms with Crippen LogP contribution in [0.4, 0.5) is 0 Å². The first-order valence-electron chi connectivity index (χ1n) is 13.5. The predicted octanol–water partition coefficient (Wildman–Crippen LogP) is 3.11. The van der Waals surface area contributed by atoms with Crippen molar-refractivity contribution in [2.24, 2.45) is 11.8 Å². The van der Waals surface area contributed by atoms with Crippen LogP contribution in [0.15, 0.2) is 46.0 Å². The molecule has 0 saturated carbocycles. The van der Waals surface area contributed by atoms with Gasteiger partial charge in [-0.1, -0.05) is 25.0 Å². The van der Waals surface area contributed by atoms with Crippen molar-refractivity contribution >= 4 is 0 Å². The SMILES string of the molecule is O=c1cccc2n1C[C@@H]1C[C@H]2CN(CCCCCCN2C[C@H]3C[C@@H](C2)c2cccc(=O)n2C3)C1. The van der Waals surface area contributed by atoms with Crippen molar-refractivity contribution in [3.05, 3.63) is 68.5 Å². The summed E-state index contributed by atoms with van der Waals surface area (Å²) in [5.41, 5.74) is 2.87. The normalized spacial score (nSPS) is 28.4. The summed E-state index contributed by atoms with van der Waals surface area (Å²) in [6.07, 6.45) is 7.67. The first kappa shape index (κ1) is 22.3. The van der Waals surface area contributed by atoms with Gasteiger partial charge in [0.1, 0.15) is 0 Å². The zero-order chi connectivity index (χ0) is 23.1. The zero-order valence-corrected chi connectivity index (χ0v) is 20.3. The Hall–Kier alpha value is -2.18. The average Bonchev–Trinajstić information content (AvgIpc) is 2.83. The Morgan fingerprint density at radius 2 is 1.06 bits per heavy atom. The number of fused-ring (bicyclic) bond motifs is 8. The van der Waals surface area contributed by atoms with Crippen LogP contribution in [0.5, 0.6) is 0 Å². The van der Waals surface area contributed by atoms with E-state index in [-0.39, 0.29) is 11.1 Å². The van der Waals surface area contributed by atoms with Gasteiger partial charge in [-0.3, -0.25) is 9.59 Å². The fraction of sp³-hybridized carbons (Fsp3) is 0.643. The number of rotatable bonds is 7. The number of nitrogens with zero attached hydrogens (tertiary/aromatic N) is 4. The van der Waals surface area contributed by atoms with Gasteiger partial charge in [0.2, 0.25) is 0 Å². The molecule has 182 valence electrons. The van der Waals surface area contributed by atoms with E-state index in [9.17, 15) is 9.59 Å². The highest BCUT2D eigenvalue weighted by atomic mass is 16.1. The quantitative estimate of drug-likeness (QED) is 0.594. The van der Waals surface area contributed by atoms with Crippen LogP contribution in [0.2, 0.25) is 0 Å². The molecule has 4 aliphatic heterocycles. The van der Waals surface area contributed by atoms with Crippen LogP contribution in [0.1, 0.15) is 61.7 Å². The molecular formula is C28H38N4O2. The predicted molar refractivity (Wildman–Crippen MR) is 134 cm³/mol. The summed E-state index contributed by atoms with van der Waals surface area (Å²) in [5.74, 6) is 2.32. The first-order chi connectivity index (χ1) is 16.6. The van der Waals surface area contributed by atoms with Gasteiger partial charge in [-0.25, -0.2) is 0 Å². The van der Waals surface area contributed by atoms with Crippen molar-refractivity contribution in [2.45, 2.75) is 63.5 Å². The molecule has 0 amide bonds. The van der Waals surface area contributed by atoms with E-state index in [0.29, 0.717) is 23.7 Å². The molecule has 0 radical (unpaired) electrons. The molecule has 0 N–H and O–H groups in total. The largest absolute Gasteiger partial charge is 0.312 e. The van der Waals surface area contributed by atoms with E-state index >= 15 is 0 Å². The topological polar surface area (TPSA) is 50.5 Å². The summed E-state index contributed by atoms with van der Waals surface area (Å²) >= 11 is 0. The molecule has 0 unspecified atom stereocenters. The van der Waals surface area contributed by atoms with Gasteiger partial charge in [-0.15, -0.1) is 0 Å². The molecule has 2 aromatic heterocycles. The van der Waals surface area contributed by atoms with Crippen molar-refractivity contribution in [3.63, 3.8) is 0 Å². The molecule has 0 spiro atoms. The third kappa shape index (κ3) is 4.42. The van der Waals surface area contributed by atoms with Crippen molar-refractivity contribution in [3.8, 4) is 0 Å². The van der Waals surface area contributed by atoms with E-state index in [1.807, 2.05) is 21.3 Å². The number of hydrogen-bond acceptors (Lipinski definition) is 4. The Morgan fingerprint density at radius 3 is 1.53 bits per heavy atom. The lowest BCUT2D eigenvalue weighted by molar-refractivity contribution is 0.114. The second-order valence-electron chi connectivity index (χ2n) is 11.3. The van der Waals surface area contributed by atoms with E-state index < -0.39 is 0 Å². The highest BCUT2D eigenvalue weighted by Gasteiger charge is 2.35. The maximum Gasteiger partial charge on any atom is 0.250 e. The molecule has 6 heterocycles. The van der Waals surface area contributed by atoms with E-state index in [2.05, 4.69) is 21.9 Å². The van der Waals surface area contributed by atoms with Gasteiger partial charge in [-0.05, 0) is 62.7 Å². The van der Waals surface area contributed by atoms with Gasteiger partial charge in [0, 0.05) is 74.6 Å². The van der Waals surface area contributed by atoms with Crippen molar-refractivity contribution in [1.29, 1.82) is 0 Å². The number of unbranched alkanes of at least 4 members (excludes halogenated alkanes) is 3.